The lowest BCUT2D eigenvalue weighted by Crippen LogP contribution is -2.22. The van der Waals surface area contributed by atoms with Gasteiger partial charge in [-0.3, -0.25) is 0 Å². The summed E-state index contributed by atoms with van der Waals surface area (Å²) in [6, 6.07) is 9.84. The molecule has 0 saturated heterocycles. The molecule has 0 fully saturated rings. The number of hydrogen-bond acceptors (Lipinski definition) is 2. The van der Waals surface area contributed by atoms with E-state index in [4.69, 9.17) is 0 Å². The first kappa shape index (κ1) is 15.3. The molecule has 1 unspecified atom stereocenters. The van der Waals surface area contributed by atoms with Crippen LogP contribution in [-0.4, -0.2) is 6.54 Å². The Morgan fingerprint density at radius 3 is 2.76 bits per heavy atom. The summed E-state index contributed by atoms with van der Waals surface area (Å²) in [5, 5.41) is 3.65. The number of rotatable bonds is 5. The lowest BCUT2D eigenvalue weighted by atomic mass is 10.00. The van der Waals surface area contributed by atoms with Crippen molar-refractivity contribution in [3.8, 4) is 0 Å². The van der Waals surface area contributed by atoms with Crippen LogP contribution in [0.4, 0.5) is 0 Å². The summed E-state index contributed by atoms with van der Waals surface area (Å²) in [5.74, 6) is 0. The average molecular weight is 364 g/mol. The maximum absolute atomic E-state index is 3.65. The van der Waals surface area contributed by atoms with Gasteiger partial charge in [-0.1, -0.05) is 25.1 Å². The molecule has 0 radical (unpaired) electrons. The minimum atomic E-state index is 0.421. The van der Waals surface area contributed by atoms with E-state index in [1.807, 2.05) is 11.3 Å². The average Bonchev–Trinajstić information content (AvgIpc) is 3.05. The molecule has 1 aromatic heterocycles. The monoisotopic (exact) mass is 363 g/mol. The van der Waals surface area contributed by atoms with Gasteiger partial charge in [-0.05, 0) is 83.4 Å². The molecule has 3 heteroatoms. The molecule has 3 rings (SSSR count). The normalized spacial score (nSPS) is 15.2. The first-order valence-electron chi connectivity index (χ1n) is 7.77. The molecule has 0 saturated carbocycles. The Hall–Kier alpha value is -0.640. The molecule has 1 nitrogen and oxygen atoms in total. The van der Waals surface area contributed by atoms with Crippen LogP contribution < -0.4 is 5.32 Å². The Morgan fingerprint density at radius 2 is 2.05 bits per heavy atom. The van der Waals surface area contributed by atoms with Crippen molar-refractivity contribution >= 4 is 27.3 Å². The summed E-state index contributed by atoms with van der Waals surface area (Å²) in [6.07, 6.45) is 4.93. The van der Waals surface area contributed by atoms with Gasteiger partial charge in [0.1, 0.15) is 0 Å². The summed E-state index contributed by atoms with van der Waals surface area (Å²) in [5.41, 5.74) is 5.94. The van der Waals surface area contributed by atoms with Crippen LogP contribution in [0.1, 0.15) is 46.5 Å². The zero-order valence-electron chi connectivity index (χ0n) is 12.7. The Morgan fingerprint density at radius 1 is 1.24 bits per heavy atom. The molecule has 1 N–H and O–H groups in total. The minimum absolute atomic E-state index is 0.421. The van der Waals surface area contributed by atoms with Crippen molar-refractivity contribution in [1.82, 2.24) is 5.32 Å². The number of thiophene rings is 1. The Labute approximate surface area is 139 Å². The van der Waals surface area contributed by atoms with Gasteiger partial charge in [0, 0.05) is 10.9 Å². The van der Waals surface area contributed by atoms with E-state index in [1.54, 1.807) is 11.1 Å². The Kier molecular flexibility index (Phi) is 4.82. The van der Waals surface area contributed by atoms with Gasteiger partial charge in [0.05, 0.1) is 3.79 Å². The third kappa shape index (κ3) is 3.41. The van der Waals surface area contributed by atoms with Crippen LogP contribution in [0.25, 0.3) is 0 Å². The highest BCUT2D eigenvalue weighted by Crippen LogP contribution is 2.33. The maximum atomic E-state index is 3.65. The quantitative estimate of drug-likeness (QED) is 0.769. The Bertz CT molecular complexity index is 613. The van der Waals surface area contributed by atoms with E-state index in [9.17, 15) is 0 Å². The number of fused-ring (bicyclic) bond motifs is 1. The first-order chi connectivity index (χ1) is 10.2. The lowest BCUT2D eigenvalue weighted by molar-refractivity contribution is 0.558. The van der Waals surface area contributed by atoms with E-state index >= 15 is 0 Å². The molecule has 0 aliphatic heterocycles. The standard InChI is InChI=1S/C18H22BrNS/c1-3-20-16(17-9-12(2)18(19)21-17)11-13-7-8-14-5-4-6-15(14)10-13/h7-10,16,20H,3-6,11H2,1-2H3. The van der Waals surface area contributed by atoms with Crippen molar-refractivity contribution in [3.05, 3.63) is 55.2 Å². The highest BCUT2D eigenvalue weighted by molar-refractivity contribution is 9.11. The number of likely N-dealkylation sites (N-methyl/N-ethyl adjacent to an activating group) is 1. The highest BCUT2D eigenvalue weighted by Gasteiger charge is 2.17. The van der Waals surface area contributed by atoms with Gasteiger partial charge in [0.25, 0.3) is 0 Å². The lowest BCUT2D eigenvalue weighted by Gasteiger charge is -2.17. The van der Waals surface area contributed by atoms with Crippen molar-refractivity contribution in [2.45, 2.75) is 45.6 Å². The second-order valence-corrected chi connectivity index (χ2v) is 8.28. The van der Waals surface area contributed by atoms with Gasteiger partial charge in [-0.25, -0.2) is 0 Å². The van der Waals surface area contributed by atoms with Crippen LogP contribution in [0, 0.1) is 6.92 Å². The number of benzene rings is 1. The van der Waals surface area contributed by atoms with Crippen molar-refractivity contribution in [2.24, 2.45) is 0 Å². The molecular formula is C18H22BrNS. The van der Waals surface area contributed by atoms with Crippen molar-refractivity contribution < 1.29 is 0 Å². The van der Waals surface area contributed by atoms with E-state index in [1.165, 1.54) is 39.1 Å². The predicted octanol–water partition coefficient (Wildman–Crippen LogP) is 5.20. The van der Waals surface area contributed by atoms with Gasteiger partial charge < -0.3 is 5.32 Å². The minimum Gasteiger partial charge on any atom is -0.309 e. The number of aryl methyl sites for hydroxylation is 3. The molecule has 1 heterocycles. The number of halogens is 1. The van der Waals surface area contributed by atoms with Crippen molar-refractivity contribution in [3.63, 3.8) is 0 Å². The van der Waals surface area contributed by atoms with Crippen LogP contribution in [0.5, 0.6) is 0 Å². The van der Waals surface area contributed by atoms with Gasteiger partial charge in [-0.15, -0.1) is 11.3 Å². The summed E-state index contributed by atoms with van der Waals surface area (Å²) in [7, 11) is 0. The fourth-order valence-electron chi connectivity index (χ4n) is 3.16. The van der Waals surface area contributed by atoms with Crippen molar-refractivity contribution in [1.29, 1.82) is 0 Å². The zero-order chi connectivity index (χ0) is 14.8. The first-order valence-corrected chi connectivity index (χ1v) is 9.38. The second kappa shape index (κ2) is 6.64. The third-order valence-corrected chi connectivity index (χ3v) is 6.52. The van der Waals surface area contributed by atoms with Gasteiger partial charge >= 0.3 is 0 Å². The van der Waals surface area contributed by atoms with E-state index < -0.39 is 0 Å². The van der Waals surface area contributed by atoms with Gasteiger partial charge in [-0.2, -0.15) is 0 Å². The summed E-state index contributed by atoms with van der Waals surface area (Å²) in [6.45, 7) is 5.36. The fraction of sp³-hybridized carbons (Fsp3) is 0.444. The SMILES string of the molecule is CCNC(Cc1ccc2c(c1)CCC2)c1cc(C)c(Br)s1. The van der Waals surface area contributed by atoms with Crippen LogP contribution in [0.2, 0.25) is 0 Å². The van der Waals surface area contributed by atoms with Gasteiger partial charge in [0.2, 0.25) is 0 Å². The molecule has 0 spiro atoms. The maximum Gasteiger partial charge on any atom is 0.0731 e. The fourth-order valence-corrected chi connectivity index (χ4v) is 4.81. The summed E-state index contributed by atoms with van der Waals surface area (Å²) in [4.78, 5) is 1.43. The van der Waals surface area contributed by atoms with Crippen LogP contribution in [0.3, 0.4) is 0 Å². The Balaban J connectivity index is 1.81. The summed E-state index contributed by atoms with van der Waals surface area (Å²) < 4.78 is 1.26. The number of nitrogens with one attached hydrogen (secondary N) is 1. The molecule has 1 aromatic carbocycles. The highest BCUT2D eigenvalue weighted by atomic mass is 79.9. The topological polar surface area (TPSA) is 12.0 Å². The van der Waals surface area contributed by atoms with Gasteiger partial charge in [0.15, 0.2) is 0 Å². The largest absolute Gasteiger partial charge is 0.309 e. The molecule has 21 heavy (non-hydrogen) atoms. The molecule has 1 aliphatic rings. The molecular weight excluding hydrogens is 342 g/mol. The molecule has 2 aromatic rings. The molecule has 1 aliphatic carbocycles. The molecule has 0 bridgehead atoms. The molecule has 0 amide bonds. The van der Waals surface area contributed by atoms with Crippen LogP contribution >= 0.6 is 27.3 Å². The number of hydrogen-bond donors (Lipinski definition) is 1. The third-order valence-electron chi connectivity index (χ3n) is 4.27. The smallest absolute Gasteiger partial charge is 0.0731 e. The molecule has 1 atom stereocenters. The van der Waals surface area contributed by atoms with Crippen LogP contribution in [-0.2, 0) is 19.3 Å². The predicted molar refractivity (Wildman–Crippen MR) is 95.3 cm³/mol. The zero-order valence-corrected chi connectivity index (χ0v) is 15.1. The summed E-state index contributed by atoms with van der Waals surface area (Å²) >= 11 is 5.51. The van der Waals surface area contributed by atoms with Crippen LogP contribution in [0.15, 0.2) is 28.1 Å². The second-order valence-electron chi connectivity index (χ2n) is 5.88. The van der Waals surface area contributed by atoms with E-state index in [0.717, 1.165) is 13.0 Å². The molecule has 112 valence electrons. The van der Waals surface area contributed by atoms with E-state index in [-0.39, 0.29) is 0 Å². The van der Waals surface area contributed by atoms with E-state index in [0.29, 0.717) is 6.04 Å². The van der Waals surface area contributed by atoms with Crippen molar-refractivity contribution in [2.75, 3.05) is 6.54 Å². The van der Waals surface area contributed by atoms with E-state index in [2.05, 4.69) is 59.4 Å².